The van der Waals surface area contributed by atoms with Gasteiger partial charge < -0.3 is 15.4 Å². The zero-order valence-electron chi connectivity index (χ0n) is 15.3. The van der Waals surface area contributed by atoms with Crippen LogP contribution in [-0.2, 0) is 11.3 Å². The van der Waals surface area contributed by atoms with Crippen LogP contribution < -0.4 is 10.6 Å². The molecule has 1 saturated carbocycles. The van der Waals surface area contributed by atoms with Crippen LogP contribution in [-0.4, -0.2) is 22.9 Å². The normalized spacial score (nSPS) is 19.4. The Labute approximate surface area is 157 Å². The summed E-state index contributed by atoms with van der Waals surface area (Å²) < 4.78 is 21.6. The Balaban J connectivity index is 1.60. The second kappa shape index (κ2) is 7.05. The third kappa shape index (κ3) is 3.81. The van der Waals surface area contributed by atoms with Crippen LogP contribution in [0.2, 0.25) is 0 Å². The Bertz CT molecular complexity index is 939. The zero-order valence-corrected chi connectivity index (χ0v) is 15.3. The first kappa shape index (κ1) is 17.6. The number of ether oxygens (including phenoxy) is 1. The Morgan fingerprint density at radius 1 is 1.41 bits per heavy atom. The number of hydrogen-bond donors (Lipinski definition) is 2. The third-order valence-electron chi connectivity index (χ3n) is 4.83. The Morgan fingerprint density at radius 3 is 2.96 bits per heavy atom. The van der Waals surface area contributed by atoms with Gasteiger partial charge in [-0.2, -0.15) is 5.10 Å². The Morgan fingerprint density at radius 2 is 2.22 bits per heavy atom. The van der Waals surface area contributed by atoms with E-state index >= 15 is 0 Å². The maximum Gasteiger partial charge on any atom is 0.320 e. The van der Waals surface area contributed by atoms with Gasteiger partial charge in [0.25, 0.3) is 0 Å². The largest absolute Gasteiger partial charge is 0.375 e. The van der Waals surface area contributed by atoms with Crippen molar-refractivity contribution in [2.45, 2.75) is 38.5 Å². The maximum atomic E-state index is 14.7. The molecule has 27 heavy (non-hydrogen) atoms. The van der Waals surface area contributed by atoms with E-state index in [9.17, 15) is 9.18 Å². The summed E-state index contributed by atoms with van der Waals surface area (Å²) in [7, 11) is 1.62. The molecule has 7 heteroatoms. The van der Waals surface area contributed by atoms with Gasteiger partial charge in [-0.15, -0.1) is 0 Å². The number of urea groups is 1. The van der Waals surface area contributed by atoms with E-state index in [-0.39, 0.29) is 24.5 Å². The number of nitrogens with one attached hydrogen (secondary N) is 2. The molecule has 0 bridgehead atoms. The van der Waals surface area contributed by atoms with Gasteiger partial charge in [-0.1, -0.05) is 11.8 Å². The Hall–Kier alpha value is -2.85. The lowest BCUT2D eigenvalue weighted by molar-refractivity contribution is 0.115. The Kier molecular flexibility index (Phi) is 4.58. The molecule has 1 aromatic carbocycles. The summed E-state index contributed by atoms with van der Waals surface area (Å²) >= 11 is 0. The van der Waals surface area contributed by atoms with Gasteiger partial charge in [0, 0.05) is 36.0 Å². The van der Waals surface area contributed by atoms with E-state index in [1.54, 1.807) is 24.1 Å². The second-order valence-corrected chi connectivity index (χ2v) is 6.94. The average molecular weight is 368 g/mol. The number of anilines is 1. The number of halogens is 1. The first-order valence-electron chi connectivity index (χ1n) is 9.00. The molecule has 2 amide bonds. The molecule has 2 atom stereocenters. The molecule has 0 spiro atoms. The first-order chi connectivity index (χ1) is 13.0. The minimum Gasteiger partial charge on any atom is -0.375 e. The minimum absolute atomic E-state index is 0.129. The van der Waals surface area contributed by atoms with Crippen LogP contribution in [0.4, 0.5) is 14.9 Å². The molecule has 0 radical (unpaired) electrons. The molecule has 0 saturated heterocycles. The highest BCUT2D eigenvalue weighted by Crippen LogP contribution is 2.32. The molecule has 2 unspecified atom stereocenters. The van der Waals surface area contributed by atoms with Crippen LogP contribution in [0.25, 0.3) is 0 Å². The molecule has 1 aliphatic carbocycles. The number of fused-ring (bicyclic) bond motifs is 1. The quantitative estimate of drug-likeness (QED) is 0.813. The molecule has 2 aliphatic rings. The fourth-order valence-electron chi connectivity index (χ4n) is 2.99. The van der Waals surface area contributed by atoms with Crippen LogP contribution in [0.5, 0.6) is 0 Å². The van der Waals surface area contributed by atoms with E-state index in [2.05, 4.69) is 27.6 Å². The predicted molar refractivity (Wildman–Crippen MR) is 98.5 cm³/mol. The van der Waals surface area contributed by atoms with Gasteiger partial charge in [-0.25, -0.2) is 9.18 Å². The number of carbonyl (C=O) groups excluding carboxylic acids is 1. The minimum atomic E-state index is -0.489. The summed E-state index contributed by atoms with van der Waals surface area (Å²) in [5.74, 6) is 6.27. The van der Waals surface area contributed by atoms with Gasteiger partial charge in [-0.05, 0) is 38.0 Å². The molecule has 2 N–H and O–H groups in total. The smallest absolute Gasteiger partial charge is 0.320 e. The van der Waals surface area contributed by atoms with Crippen molar-refractivity contribution in [3.8, 4) is 11.8 Å². The summed E-state index contributed by atoms with van der Waals surface area (Å²) in [6, 6.07) is 4.14. The van der Waals surface area contributed by atoms with E-state index in [0.717, 1.165) is 18.5 Å². The number of amides is 2. The lowest BCUT2D eigenvalue weighted by Gasteiger charge is -2.24. The summed E-state index contributed by atoms with van der Waals surface area (Å²) in [6.07, 6.45) is 3.85. The number of methoxy groups -OCH3 is 1. The lowest BCUT2D eigenvalue weighted by atomic mass is 9.99. The average Bonchev–Trinajstić information content (AvgIpc) is 3.37. The molecule has 2 aromatic rings. The van der Waals surface area contributed by atoms with Crippen LogP contribution in [0.15, 0.2) is 24.4 Å². The topological polar surface area (TPSA) is 68.2 Å². The van der Waals surface area contributed by atoms with E-state index in [4.69, 9.17) is 4.74 Å². The van der Waals surface area contributed by atoms with Crippen molar-refractivity contribution in [3.05, 3.63) is 47.0 Å². The van der Waals surface area contributed by atoms with Crippen molar-refractivity contribution in [1.29, 1.82) is 0 Å². The van der Waals surface area contributed by atoms with E-state index in [1.807, 2.05) is 13.0 Å². The monoisotopic (exact) mass is 368 g/mol. The van der Waals surface area contributed by atoms with Crippen molar-refractivity contribution in [1.82, 2.24) is 15.1 Å². The summed E-state index contributed by atoms with van der Waals surface area (Å²) in [5.41, 5.74) is 2.47. The summed E-state index contributed by atoms with van der Waals surface area (Å²) in [6.45, 7) is 2.16. The molecule has 1 aromatic heterocycles. The second-order valence-electron chi connectivity index (χ2n) is 6.94. The van der Waals surface area contributed by atoms with Gasteiger partial charge in [0.15, 0.2) is 0 Å². The van der Waals surface area contributed by atoms with Gasteiger partial charge in [-0.3, -0.25) is 4.68 Å². The van der Waals surface area contributed by atoms with Crippen LogP contribution in [0, 0.1) is 23.6 Å². The fourth-order valence-corrected chi connectivity index (χ4v) is 2.99. The van der Waals surface area contributed by atoms with Gasteiger partial charge >= 0.3 is 6.03 Å². The predicted octanol–water partition coefficient (Wildman–Crippen LogP) is 3.37. The SMILES string of the molecule is COC(C)c1ccn(Cc2cc3c(cc2F)C(C#CC2CC2)NC(=O)N3)n1. The molecule has 1 fully saturated rings. The van der Waals surface area contributed by atoms with Gasteiger partial charge in [0.05, 0.1) is 18.3 Å². The van der Waals surface area contributed by atoms with Crippen LogP contribution in [0.1, 0.15) is 48.7 Å². The van der Waals surface area contributed by atoms with Crippen molar-refractivity contribution >= 4 is 11.7 Å². The number of nitrogens with zero attached hydrogens (tertiary/aromatic N) is 2. The molecule has 140 valence electrons. The van der Waals surface area contributed by atoms with E-state index in [0.29, 0.717) is 22.7 Å². The molecular formula is C20H21FN4O2. The number of aromatic nitrogens is 2. The highest BCUT2D eigenvalue weighted by molar-refractivity contribution is 5.93. The molecule has 6 nitrogen and oxygen atoms in total. The highest BCUT2D eigenvalue weighted by atomic mass is 19.1. The molecule has 1 aliphatic heterocycles. The van der Waals surface area contributed by atoms with Crippen molar-refractivity contribution in [2.24, 2.45) is 5.92 Å². The van der Waals surface area contributed by atoms with Crippen LogP contribution >= 0.6 is 0 Å². The molecule has 2 heterocycles. The molecular weight excluding hydrogens is 347 g/mol. The summed E-state index contributed by atoms with van der Waals surface area (Å²) in [5, 5.41) is 9.92. The van der Waals surface area contributed by atoms with E-state index < -0.39 is 6.04 Å². The van der Waals surface area contributed by atoms with Gasteiger partial charge in [0.2, 0.25) is 0 Å². The lowest BCUT2D eigenvalue weighted by Crippen LogP contribution is -2.37. The number of benzene rings is 1. The van der Waals surface area contributed by atoms with E-state index in [1.165, 1.54) is 6.07 Å². The van der Waals surface area contributed by atoms with Gasteiger partial charge in [0.1, 0.15) is 11.9 Å². The highest BCUT2D eigenvalue weighted by Gasteiger charge is 2.26. The summed E-state index contributed by atoms with van der Waals surface area (Å²) in [4.78, 5) is 11.9. The maximum absolute atomic E-state index is 14.7. The number of carbonyl (C=O) groups is 1. The first-order valence-corrected chi connectivity index (χ1v) is 9.00. The zero-order chi connectivity index (χ0) is 19.0. The van der Waals surface area contributed by atoms with Crippen molar-refractivity contribution in [2.75, 3.05) is 12.4 Å². The van der Waals surface area contributed by atoms with Crippen molar-refractivity contribution in [3.63, 3.8) is 0 Å². The number of hydrogen-bond acceptors (Lipinski definition) is 3. The van der Waals surface area contributed by atoms with Crippen molar-refractivity contribution < 1.29 is 13.9 Å². The fraction of sp³-hybridized carbons (Fsp3) is 0.400. The third-order valence-corrected chi connectivity index (χ3v) is 4.83. The standard InChI is InChI=1S/C20H21FN4O2/c1-12(27-2)17-7-8-25(24-17)11-14-9-19-15(10-16(14)21)18(22-20(26)23-19)6-5-13-3-4-13/h7-10,12-13,18H,3-4,11H2,1-2H3,(H2,22,23,26). The number of rotatable bonds is 4. The molecule has 4 rings (SSSR count). The van der Waals surface area contributed by atoms with Crippen LogP contribution in [0.3, 0.4) is 0 Å².